The van der Waals surface area contributed by atoms with E-state index in [1.807, 2.05) is 32.9 Å². The average molecular weight is 413 g/mol. The largest absolute Gasteiger partial charge is 0.465 e. The van der Waals surface area contributed by atoms with E-state index in [1.54, 1.807) is 13.8 Å². The average Bonchev–Trinajstić information content (AvgIpc) is 3.01. The van der Waals surface area contributed by atoms with E-state index in [1.165, 1.54) is 18.0 Å². The fourth-order valence-electron chi connectivity index (χ4n) is 3.43. The molecule has 1 amide bonds. The van der Waals surface area contributed by atoms with Crippen LogP contribution in [0.15, 0.2) is 23.3 Å². The van der Waals surface area contributed by atoms with E-state index in [2.05, 4.69) is 10.3 Å². The van der Waals surface area contributed by atoms with Crippen LogP contribution in [0.4, 0.5) is 5.69 Å². The number of nitrogens with zero attached hydrogens (tertiary/aromatic N) is 2. The number of carbonyl (C=O) groups excluding carboxylic acids is 2. The molecule has 1 aromatic carbocycles. The fraction of sp³-hybridized carbons (Fsp3) is 0.333. The summed E-state index contributed by atoms with van der Waals surface area (Å²) in [6, 6.07) is 3.21. The van der Waals surface area contributed by atoms with E-state index < -0.39 is 12.0 Å². The molecule has 3 rings (SSSR count). The maximum absolute atomic E-state index is 13.0. The molecule has 152 valence electrons. The molecule has 8 heteroatoms. The molecule has 0 unspecified atom stereocenters. The first kappa shape index (κ1) is 20.7. The molecule has 0 aliphatic carbocycles. The summed E-state index contributed by atoms with van der Waals surface area (Å²) in [6.07, 6.45) is 1.35. The van der Waals surface area contributed by atoms with Crippen molar-refractivity contribution in [2.75, 3.05) is 12.4 Å². The molecular formula is C21H23N3O4S. The second kappa shape index (κ2) is 7.79. The molecule has 2 heterocycles. The standard InChI is InChI=1S/C21H23N3O4S/c1-10-7-11(2)16(12(3)8-10)23-18(25)14(5)24-9-22-19-15(20(24)26)13(4)17(29-19)21(27)28-6/h7-9,14H,1-6H3,(H,23,25)/t14-/m0/s1. The first-order valence-electron chi connectivity index (χ1n) is 9.13. The Bertz CT molecular complexity index is 1170. The van der Waals surface area contributed by atoms with Crippen molar-refractivity contribution >= 4 is 39.1 Å². The summed E-state index contributed by atoms with van der Waals surface area (Å²) in [5.74, 6) is -0.822. The number of aromatic nitrogens is 2. The number of thiophene rings is 1. The van der Waals surface area contributed by atoms with Crippen LogP contribution in [0.25, 0.3) is 10.2 Å². The number of amides is 1. The highest BCUT2D eigenvalue weighted by molar-refractivity contribution is 7.20. The Kier molecular flexibility index (Phi) is 5.57. The van der Waals surface area contributed by atoms with Gasteiger partial charge >= 0.3 is 5.97 Å². The van der Waals surface area contributed by atoms with Crippen molar-refractivity contribution in [2.24, 2.45) is 0 Å². The van der Waals surface area contributed by atoms with Crippen molar-refractivity contribution in [1.82, 2.24) is 9.55 Å². The summed E-state index contributed by atoms with van der Waals surface area (Å²) in [7, 11) is 1.29. The third-order valence-electron chi connectivity index (χ3n) is 4.97. The number of aryl methyl sites for hydroxylation is 4. The van der Waals surface area contributed by atoms with E-state index >= 15 is 0 Å². The molecule has 1 atom stereocenters. The van der Waals surface area contributed by atoms with Gasteiger partial charge in [0.1, 0.15) is 15.7 Å². The van der Waals surface area contributed by atoms with Crippen molar-refractivity contribution in [3.05, 3.63) is 55.9 Å². The quantitative estimate of drug-likeness (QED) is 0.659. The summed E-state index contributed by atoms with van der Waals surface area (Å²) in [4.78, 5) is 42.9. The van der Waals surface area contributed by atoms with Gasteiger partial charge in [0, 0.05) is 5.69 Å². The Morgan fingerprint density at radius 1 is 1.17 bits per heavy atom. The monoisotopic (exact) mass is 413 g/mol. The number of anilines is 1. The third kappa shape index (κ3) is 3.67. The number of esters is 1. The van der Waals surface area contributed by atoms with Gasteiger partial charge in [-0.1, -0.05) is 17.7 Å². The molecule has 7 nitrogen and oxygen atoms in total. The molecular weight excluding hydrogens is 390 g/mol. The molecule has 2 aromatic heterocycles. The minimum absolute atomic E-state index is 0.315. The fourth-order valence-corrected chi connectivity index (χ4v) is 4.49. The van der Waals surface area contributed by atoms with E-state index in [0.717, 1.165) is 33.7 Å². The molecule has 0 saturated carbocycles. The number of benzene rings is 1. The second-order valence-corrected chi connectivity index (χ2v) is 8.12. The number of hydrogen-bond acceptors (Lipinski definition) is 6. The van der Waals surface area contributed by atoms with E-state index in [-0.39, 0.29) is 11.5 Å². The number of ether oxygens (including phenoxy) is 1. The van der Waals surface area contributed by atoms with E-state index in [9.17, 15) is 14.4 Å². The van der Waals surface area contributed by atoms with Gasteiger partial charge in [0.05, 0.1) is 18.8 Å². The van der Waals surface area contributed by atoms with Crippen LogP contribution in [0.5, 0.6) is 0 Å². The maximum Gasteiger partial charge on any atom is 0.348 e. The normalized spacial score (nSPS) is 12.1. The third-order valence-corrected chi connectivity index (χ3v) is 6.15. The highest BCUT2D eigenvalue weighted by atomic mass is 32.1. The van der Waals surface area contributed by atoms with Gasteiger partial charge < -0.3 is 10.1 Å². The summed E-state index contributed by atoms with van der Waals surface area (Å²) in [5.41, 5.74) is 3.93. The van der Waals surface area contributed by atoms with Crippen LogP contribution in [0.2, 0.25) is 0 Å². The predicted octanol–water partition coefficient (Wildman–Crippen LogP) is 3.68. The van der Waals surface area contributed by atoms with Gasteiger partial charge in [0.2, 0.25) is 5.91 Å². The minimum atomic E-state index is -0.777. The first-order chi connectivity index (χ1) is 13.6. The van der Waals surface area contributed by atoms with Gasteiger partial charge in [-0.2, -0.15) is 0 Å². The summed E-state index contributed by atoms with van der Waals surface area (Å²) in [6.45, 7) is 9.20. The zero-order valence-electron chi connectivity index (χ0n) is 17.2. The molecule has 1 N–H and O–H groups in total. The van der Waals surface area contributed by atoms with E-state index in [0.29, 0.717) is 20.7 Å². The van der Waals surface area contributed by atoms with Crippen LogP contribution >= 0.6 is 11.3 Å². The number of carbonyl (C=O) groups is 2. The Balaban J connectivity index is 1.99. The highest BCUT2D eigenvalue weighted by Crippen LogP contribution is 2.28. The summed E-state index contributed by atoms with van der Waals surface area (Å²) in [5, 5.41) is 3.26. The second-order valence-electron chi connectivity index (χ2n) is 7.12. The predicted molar refractivity (Wildman–Crippen MR) is 114 cm³/mol. The van der Waals surface area contributed by atoms with Crippen molar-refractivity contribution in [3.8, 4) is 0 Å². The Hall–Kier alpha value is -3.00. The molecule has 0 fully saturated rings. The van der Waals surface area contributed by atoms with Crippen molar-refractivity contribution in [1.29, 1.82) is 0 Å². The van der Waals surface area contributed by atoms with Crippen LogP contribution in [0.3, 0.4) is 0 Å². The van der Waals surface area contributed by atoms with E-state index in [4.69, 9.17) is 4.74 Å². The van der Waals surface area contributed by atoms with Crippen LogP contribution in [-0.2, 0) is 9.53 Å². The minimum Gasteiger partial charge on any atom is -0.465 e. The number of fused-ring (bicyclic) bond motifs is 1. The Labute approximate surface area is 172 Å². The number of nitrogens with one attached hydrogen (secondary N) is 1. The number of rotatable bonds is 4. The van der Waals surface area contributed by atoms with Crippen LogP contribution in [0, 0.1) is 27.7 Å². The Morgan fingerprint density at radius 2 is 1.79 bits per heavy atom. The lowest BCUT2D eigenvalue weighted by molar-refractivity contribution is -0.118. The van der Waals surface area contributed by atoms with Crippen LogP contribution in [0.1, 0.15) is 44.9 Å². The topological polar surface area (TPSA) is 90.3 Å². The van der Waals surface area contributed by atoms with Crippen LogP contribution < -0.4 is 10.9 Å². The van der Waals surface area contributed by atoms with Gasteiger partial charge in [-0.25, -0.2) is 9.78 Å². The number of hydrogen-bond donors (Lipinski definition) is 1. The smallest absolute Gasteiger partial charge is 0.348 e. The van der Waals surface area contributed by atoms with Crippen molar-refractivity contribution in [3.63, 3.8) is 0 Å². The zero-order valence-corrected chi connectivity index (χ0v) is 18.1. The summed E-state index contributed by atoms with van der Waals surface area (Å²) >= 11 is 1.11. The molecule has 0 aliphatic heterocycles. The number of methoxy groups -OCH3 is 1. The summed E-state index contributed by atoms with van der Waals surface area (Å²) < 4.78 is 6.06. The molecule has 0 bridgehead atoms. The zero-order chi connectivity index (χ0) is 21.5. The molecule has 29 heavy (non-hydrogen) atoms. The lowest BCUT2D eigenvalue weighted by atomic mass is 10.0. The van der Waals surface area contributed by atoms with Gasteiger partial charge in [-0.15, -0.1) is 11.3 Å². The van der Waals surface area contributed by atoms with Gasteiger partial charge in [-0.05, 0) is 51.3 Å². The van der Waals surface area contributed by atoms with Crippen molar-refractivity contribution in [2.45, 2.75) is 40.7 Å². The highest BCUT2D eigenvalue weighted by Gasteiger charge is 2.23. The first-order valence-corrected chi connectivity index (χ1v) is 9.94. The molecule has 0 saturated heterocycles. The van der Waals surface area contributed by atoms with Crippen LogP contribution in [-0.4, -0.2) is 28.5 Å². The van der Waals surface area contributed by atoms with Gasteiger partial charge in [0.15, 0.2) is 0 Å². The SMILES string of the molecule is COC(=O)c1sc2ncn([C@@H](C)C(=O)Nc3c(C)cc(C)cc3C)c(=O)c2c1C. The van der Waals surface area contributed by atoms with Crippen molar-refractivity contribution < 1.29 is 14.3 Å². The molecule has 0 spiro atoms. The lowest BCUT2D eigenvalue weighted by Gasteiger charge is -2.18. The Morgan fingerprint density at radius 3 is 2.38 bits per heavy atom. The molecule has 3 aromatic rings. The molecule has 0 radical (unpaired) electrons. The molecule has 0 aliphatic rings. The maximum atomic E-state index is 13.0. The lowest BCUT2D eigenvalue weighted by Crippen LogP contribution is -2.32. The van der Waals surface area contributed by atoms with Gasteiger partial charge in [0.25, 0.3) is 5.56 Å². The van der Waals surface area contributed by atoms with Gasteiger partial charge in [-0.3, -0.25) is 14.2 Å².